The normalized spacial score (nSPS) is 13.2. The molecule has 0 rings (SSSR count). The van der Waals surface area contributed by atoms with Crippen LogP contribution in [0.5, 0.6) is 0 Å². The van der Waals surface area contributed by atoms with E-state index in [1.807, 2.05) is 13.8 Å². The van der Waals surface area contributed by atoms with E-state index in [-0.39, 0.29) is 18.6 Å². The number of aliphatic hydroxyl groups excluding tert-OH is 1. The van der Waals surface area contributed by atoms with Gasteiger partial charge in [-0.3, -0.25) is 0 Å². The molecule has 0 radical (unpaired) electrons. The molecule has 0 aromatic rings. The number of hydrogen-bond acceptors (Lipinski definition) is 4. The van der Waals surface area contributed by atoms with E-state index in [1.165, 1.54) is 0 Å². The van der Waals surface area contributed by atoms with Crippen LogP contribution in [-0.4, -0.2) is 23.2 Å². The molecule has 0 amide bonds. The summed E-state index contributed by atoms with van der Waals surface area (Å²) in [6, 6.07) is 0. The van der Waals surface area contributed by atoms with Crippen LogP contribution in [0.3, 0.4) is 0 Å². The topological polar surface area (TPSA) is 58.9 Å². The molecule has 0 aliphatic carbocycles. The number of aliphatic hydroxyl groups is 1. The van der Waals surface area contributed by atoms with Crippen molar-refractivity contribution in [1.82, 2.24) is 0 Å². The molecule has 0 heterocycles. The van der Waals surface area contributed by atoms with E-state index in [1.54, 1.807) is 0 Å². The van der Waals surface area contributed by atoms with E-state index in [9.17, 15) is 0 Å². The molecule has 10 heavy (non-hydrogen) atoms. The summed E-state index contributed by atoms with van der Waals surface area (Å²) in [6.45, 7) is 3.97. The van der Waals surface area contributed by atoms with Gasteiger partial charge in [-0.2, -0.15) is 4.67 Å². The Morgan fingerprint density at radius 2 is 2.10 bits per heavy atom. The first kappa shape index (κ1) is 10.3. The maximum Gasteiger partial charge on any atom is 0.191 e. The standard InChI is InChI=1S/C5H13O4P/c1-5(2,3-6)4-8-9-10-7/h6-7,10H,3-4H2,1-2H3. The van der Waals surface area contributed by atoms with Crippen molar-refractivity contribution >= 4 is 9.03 Å². The molecule has 0 spiro atoms. The molecule has 5 heteroatoms. The van der Waals surface area contributed by atoms with Crippen molar-refractivity contribution in [2.24, 2.45) is 5.41 Å². The van der Waals surface area contributed by atoms with Crippen LogP contribution in [0, 0.1) is 5.41 Å². The minimum atomic E-state index is -0.659. The van der Waals surface area contributed by atoms with Crippen LogP contribution in [0.2, 0.25) is 0 Å². The van der Waals surface area contributed by atoms with E-state index in [2.05, 4.69) is 9.56 Å². The van der Waals surface area contributed by atoms with E-state index >= 15 is 0 Å². The summed E-state index contributed by atoms with van der Waals surface area (Å²) in [5, 5.41) is 8.70. The molecule has 0 aliphatic rings. The molecule has 0 saturated heterocycles. The van der Waals surface area contributed by atoms with E-state index in [0.717, 1.165) is 0 Å². The van der Waals surface area contributed by atoms with Crippen molar-refractivity contribution in [1.29, 1.82) is 0 Å². The van der Waals surface area contributed by atoms with Gasteiger partial charge in [0.2, 0.25) is 0 Å². The fraction of sp³-hybridized carbons (Fsp3) is 1.00. The van der Waals surface area contributed by atoms with Gasteiger partial charge in [-0.1, -0.05) is 13.8 Å². The van der Waals surface area contributed by atoms with E-state index < -0.39 is 9.03 Å². The largest absolute Gasteiger partial charge is 0.396 e. The van der Waals surface area contributed by atoms with Crippen LogP contribution in [-0.2, 0) is 9.56 Å². The first-order valence-corrected chi connectivity index (χ1v) is 3.76. The lowest BCUT2D eigenvalue weighted by Gasteiger charge is -2.19. The van der Waals surface area contributed by atoms with Gasteiger partial charge in [0.1, 0.15) is 0 Å². The van der Waals surface area contributed by atoms with Gasteiger partial charge in [-0.15, -0.1) is 0 Å². The lowest BCUT2D eigenvalue weighted by atomic mass is 9.97. The van der Waals surface area contributed by atoms with Gasteiger partial charge >= 0.3 is 0 Å². The molecule has 4 nitrogen and oxygen atoms in total. The maximum atomic E-state index is 8.70. The molecule has 1 unspecified atom stereocenters. The third-order valence-electron chi connectivity index (χ3n) is 0.974. The van der Waals surface area contributed by atoms with E-state index in [4.69, 9.17) is 10.00 Å². The van der Waals surface area contributed by atoms with Gasteiger partial charge in [0.25, 0.3) is 0 Å². The number of rotatable bonds is 5. The Labute approximate surface area is 62.0 Å². The second-order valence-corrected chi connectivity index (χ2v) is 3.11. The fourth-order valence-corrected chi connectivity index (χ4v) is 0.373. The summed E-state index contributed by atoms with van der Waals surface area (Å²) in [5.41, 5.74) is -0.306. The zero-order chi connectivity index (χ0) is 8.04. The monoisotopic (exact) mass is 168 g/mol. The summed E-state index contributed by atoms with van der Waals surface area (Å²) >= 11 is 0. The van der Waals surface area contributed by atoms with Crippen molar-refractivity contribution < 1.29 is 19.6 Å². The van der Waals surface area contributed by atoms with Crippen molar-refractivity contribution in [3.8, 4) is 0 Å². The molecule has 0 fully saturated rings. The summed E-state index contributed by atoms with van der Waals surface area (Å²) in [4.78, 5) is 12.7. The third kappa shape index (κ3) is 5.09. The van der Waals surface area contributed by atoms with Crippen LogP contribution >= 0.6 is 9.03 Å². The highest BCUT2D eigenvalue weighted by Gasteiger charge is 2.16. The van der Waals surface area contributed by atoms with Gasteiger partial charge in [0.15, 0.2) is 9.03 Å². The Kier molecular flexibility index (Phi) is 5.13. The van der Waals surface area contributed by atoms with Gasteiger partial charge < -0.3 is 10.00 Å². The molecule has 62 valence electrons. The molecule has 0 saturated carbocycles. The van der Waals surface area contributed by atoms with Crippen LogP contribution in [0.1, 0.15) is 13.8 Å². The van der Waals surface area contributed by atoms with Crippen molar-refractivity contribution in [3.05, 3.63) is 0 Å². The zero-order valence-electron chi connectivity index (χ0n) is 6.13. The zero-order valence-corrected chi connectivity index (χ0v) is 7.13. The summed E-state index contributed by atoms with van der Waals surface area (Å²) in [6.07, 6.45) is 0. The first-order valence-electron chi connectivity index (χ1n) is 2.91. The fourth-order valence-electron chi connectivity index (χ4n) is 0.261. The molecular weight excluding hydrogens is 155 g/mol. The van der Waals surface area contributed by atoms with Crippen molar-refractivity contribution in [3.63, 3.8) is 0 Å². The SMILES string of the molecule is CC(C)(CO)COOPO. The lowest BCUT2D eigenvalue weighted by Crippen LogP contribution is -2.22. The average molecular weight is 168 g/mol. The third-order valence-corrected chi connectivity index (χ3v) is 1.17. The highest BCUT2D eigenvalue weighted by molar-refractivity contribution is 7.24. The Bertz CT molecular complexity index is 85.7. The van der Waals surface area contributed by atoms with Gasteiger partial charge in [0.05, 0.1) is 13.2 Å². The quantitative estimate of drug-likeness (QED) is 0.271. The number of hydrogen-bond donors (Lipinski definition) is 2. The maximum absolute atomic E-state index is 8.70. The summed E-state index contributed by atoms with van der Waals surface area (Å²) in [7, 11) is -0.659. The first-order chi connectivity index (χ1) is 4.62. The molecule has 0 aromatic heterocycles. The summed E-state index contributed by atoms with van der Waals surface area (Å²) in [5.74, 6) is 0. The minimum Gasteiger partial charge on any atom is -0.396 e. The predicted octanol–water partition coefficient (Wildman–Crippen LogP) is 0.454. The average Bonchev–Trinajstić information content (AvgIpc) is 1.89. The van der Waals surface area contributed by atoms with E-state index in [0.29, 0.717) is 0 Å². The highest BCUT2D eigenvalue weighted by Crippen LogP contribution is 2.15. The smallest absolute Gasteiger partial charge is 0.191 e. The van der Waals surface area contributed by atoms with Crippen molar-refractivity contribution in [2.75, 3.05) is 13.2 Å². The predicted molar refractivity (Wildman–Crippen MR) is 38.4 cm³/mol. The molecule has 1 atom stereocenters. The molecule has 0 aliphatic heterocycles. The second-order valence-electron chi connectivity index (χ2n) is 2.76. The Balaban J connectivity index is 3.28. The van der Waals surface area contributed by atoms with Gasteiger partial charge in [0, 0.05) is 5.41 Å². The van der Waals surface area contributed by atoms with Crippen LogP contribution < -0.4 is 0 Å². The lowest BCUT2D eigenvalue weighted by molar-refractivity contribution is -0.224. The van der Waals surface area contributed by atoms with Crippen molar-refractivity contribution in [2.45, 2.75) is 13.8 Å². The van der Waals surface area contributed by atoms with Crippen LogP contribution in [0.15, 0.2) is 0 Å². The van der Waals surface area contributed by atoms with Gasteiger partial charge in [-0.05, 0) is 0 Å². The minimum absolute atomic E-state index is 0.0326. The second kappa shape index (κ2) is 4.99. The molecular formula is C5H13O4P. The Hall–Kier alpha value is 0.270. The highest BCUT2D eigenvalue weighted by atomic mass is 31.1. The molecule has 0 bridgehead atoms. The van der Waals surface area contributed by atoms with Crippen LogP contribution in [0.4, 0.5) is 0 Å². The Morgan fingerprint density at radius 1 is 1.50 bits per heavy atom. The van der Waals surface area contributed by atoms with Gasteiger partial charge in [-0.25, -0.2) is 4.89 Å². The summed E-state index contributed by atoms with van der Waals surface area (Å²) < 4.78 is 4.24. The van der Waals surface area contributed by atoms with Crippen LogP contribution in [0.25, 0.3) is 0 Å². The molecule has 0 aromatic carbocycles. The molecule has 2 N–H and O–H groups in total. The Morgan fingerprint density at radius 3 is 2.50 bits per heavy atom.